The van der Waals surface area contributed by atoms with Crippen LogP contribution >= 0.6 is 0 Å². The molecule has 5 rings (SSSR count). The monoisotopic (exact) mass is 521 g/mol. The predicted molar refractivity (Wildman–Crippen MR) is 131 cm³/mol. The van der Waals surface area contributed by atoms with Crippen molar-refractivity contribution in [3.63, 3.8) is 0 Å². The fourth-order valence-electron chi connectivity index (χ4n) is 3.99. The van der Waals surface area contributed by atoms with Crippen LogP contribution in [0.25, 0.3) is 16.3 Å². The normalized spacial score (nSPS) is 12.1. The van der Waals surface area contributed by atoms with E-state index in [-0.39, 0.29) is 46.5 Å². The number of hydrogen-bond donors (Lipinski definition) is 1. The molecule has 0 saturated heterocycles. The molecule has 0 spiro atoms. The van der Waals surface area contributed by atoms with Crippen LogP contribution in [-0.4, -0.2) is 5.11 Å². The Kier molecular flexibility index (Phi) is 12.6. The van der Waals surface area contributed by atoms with Crippen LogP contribution in [0.4, 0.5) is 0 Å². The second-order valence-electron chi connectivity index (χ2n) is 8.01. The van der Waals surface area contributed by atoms with Crippen molar-refractivity contribution in [2.24, 2.45) is 0 Å². The molecule has 1 radical (unpaired) electrons. The van der Waals surface area contributed by atoms with Crippen molar-refractivity contribution in [3.8, 4) is 0 Å². The number of allylic oxidation sites excluding steroid dienone is 4. The van der Waals surface area contributed by atoms with Crippen molar-refractivity contribution < 1.29 is 51.6 Å². The summed E-state index contributed by atoms with van der Waals surface area (Å²) < 4.78 is 0. The second-order valence-corrected chi connectivity index (χ2v) is 8.01. The molecule has 0 amide bonds. The topological polar surface area (TPSA) is 20.2 Å². The standard InChI is InChI=1S/C17H15.C13H12O.2ClH.Ti/c1-12-9-13(2)17(10-12)16-8-7-14-5-3-4-6-15(14)11-16;14-13(11-7-3-1-4-8-11)12-9-5-2-6-10-12;;;/h3-9H,10H2,1-2H3;1-10,13-14H;2*1H;/q-1;;;;+3/p-2. The molecule has 4 aromatic rings. The Morgan fingerprint density at radius 2 is 1.24 bits per heavy atom. The van der Waals surface area contributed by atoms with Crippen LogP contribution in [-0.2, 0) is 21.7 Å². The third kappa shape index (κ3) is 7.44. The average molecular weight is 522 g/mol. The molecule has 1 nitrogen and oxygen atoms in total. The van der Waals surface area contributed by atoms with Gasteiger partial charge in [0.1, 0.15) is 6.10 Å². The number of aliphatic hydroxyl groups excluding tert-OH is 1. The molecule has 0 heterocycles. The maximum atomic E-state index is 9.99. The van der Waals surface area contributed by atoms with E-state index in [1.807, 2.05) is 60.7 Å². The van der Waals surface area contributed by atoms with E-state index in [4.69, 9.17) is 0 Å². The van der Waals surface area contributed by atoms with Crippen molar-refractivity contribution in [2.45, 2.75) is 26.4 Å². The summed E-state index contributed by atoms with van der Waals surface area (Å²) in [6.07, 6.45) is 2.83. The van der Waals surface area contributed by atoms with Crippen molar-refractivity contribution in [2.75, 3.05) is 0 Å². The number of hydrogen-bond acceptors (Lipinski definition) is 1. The fourth-order valence-corrected chi connectivity index (χ4v) is 3.99. The van der Waals surface area contributed by atoms with Gasteiger partial charge in [-0.1, -0.05) is 107 Å². The summed E-state index contributed by atoms with van der Waals surface area (Å²) in [5, 5.41) is 12.5. The molecular weight excluding hydrogens is 495 g/mol. The second kappa shape index (κ2) is 14.3. The zero-order chi connectivity index (χ0) is 21.6. The van der Waals surface area contributed by atoms with Gasteiger partial charge in [-0.3, -0.25) is 0 Å². The first-order valence-corrected chi connectivity index (χ1v) is 10.7. The van der Waals surface area contributed by atoms with E-state index >= 15 is 0 Å². The molecule has 0 aliphatic heterocycles. The molecule has 0 atom stereocenters. The van der Waals surface area contributed by atoms with Crippen molar-refractivity contribution in [1.82, 2.24) is 0 Å². The molecule has 0 unspecified atom stereocenters. The number of benzene rings is 4. The van der Waals surface area contributed by atoms with Gasteiger partial charge in [-0.15, -0.1) is 35.2 Å². The van der Waals surface area contributed by atoms with E-state index in [9.17, 15) is 5.11 Å². The molecular formula is C30H27Cl2OTi. The van der Waals surface area contributed by atoms with Crippen molar-refractivity contribution >= 4 is 16.3 Å². The van der Waals surface area contributed by atoms with Crippen LogP contribution in [0.3, 0.4) is 0 Å². The van der Waals surface area contributed by atoms with E-state index in [0.29, 0.717) is 0 Å². The predicted octanol–water partition coefficient (Wildman–Crippen LogP) is 1.54. The van der Waals surface area contributed by atoms with Gasteiger partial charge in [-0.2, -0.15) is 0 Å². The number of rotatable bonds is 3. The van der Waals surface area contributed by atoms with Gasteiger partial charge < -0.3 is 29.9 Å². The van der Waals surface area contributed by atoms with E-state index in [1.165, 1.54) is 33.1 Å². The zero-order valence-electron chi connectivity index (χ0n) is 19.3. The average Bonchev–Trinajstić information content (AvgIpc) is 3.17. The summed E-state index contributed by atoms with van der Waals surface area (Å²) in [6, 6.07) is 35.6. The van der Waals surface area contributed by atoms with Crippen LogP contribution in [0.1, 0.15) is 43.1 Å². The van der Waals surface area contributed by atoms with Crippen LogP contribution in [0.2, 0.25) is 0 Å². The van der Waals surface area contributed by atoms with Crippen molar-refractivity contribution in [3.05, 3.63) is 137 Å². The zero-order valence-corrected chi connectivity index (χ0v) is 22.4. The molecule has 0 aromatic heterocycles. The smallest absolute Gasteiger partial charge is 1.00 e. The fraction of sp³-hybridized carbons (Fsp3) is 0.133. The first kappa shape index (κ1) is 29.9. The van der Waals surface area contributed by atoms with Gasteiger partial charge in [0.15, 0.2) is 0 Å². The minimum Gasteiger partial charge on any atom is -1.00 e. The Labute approximate surface area is 230 Å². The van der Waals surface area contributed by atoms with Gasteiger partial charge >= 0.3 is 21.7 Å². The number of aliphatic hydroxyl groups is 1. The van der Waals surface area contributed by atoms with E-state index in [0.717, 1.165) is 17.5 Å². The van der Waals surface area contributed by atoms with E-state index in [2.05, 4.69) is 62.4 Å². The van der Waals surface area contributed by atoms with Crippen LogP contribution in [0.5, 0.6) is 0 Å². The third-order valence-corrected chi connectivity index (χ3v) is 5.61. The quantitative estimate of drug-likeness (QED) is 0.320. The maximum Gasteiger partial charge on any atom is 3.00 e. The van der Waals surface area contributed by atoms with Crippen LogP contribution < -0.4 is 24.8 Å². The molecule has 1 N–H and O–H groups in total. The Morgan fingerprint density at radius 3 is 1.76 bits per heavy atom. The van der Waals surface area contributed by atoms with Crippen molar-refractivity contribution in [1.29, 1.82) is 0 Å². The summed E-state index contributed by atoms with van der Waals surface area (Å²) >= 11 is 0. The number of fused-ring (bicyclic) bond motifs is 1. The molecule has 0 fully saturated rings. The molecule has 0 bridgehead atoms. The molecule has 171 valence electrons. The Hall–Kier alpha value is -2.13. The maximum absolute atomic E-state index is 9.99. The summed E-state index contributed by atoms with van der Waals surface area (Å²) in [5.41, 5.74) is 7.35. The Bertz CT molecular complexity index is 1190. The van der Waals surface area contributed by atoms with Gasteiger partial charge in [0.2, 0.25) is 0 Å². The van der Waals surface area contributed by atoms with Gasteiger partial charge in [0.05, 0.1) is 0 Å². The minimum absolute atomic E-state index is 0. The van der Waals surface area contributed by atoms with Gasteiger partial charge in [-0.05, 0) is 31.4 Å². The SMILES string of the molecule is CC1=CC(C)=C(c2[c-]c3ccccc3cc2)C1.OC(c1ccccc1)c1ccccc1.[Cl-].[Cl-].[Ti+3]. The minimum atomic E-state index is -0.516. The Morgan fingerprint density at radius 1 is 0.706 bits per heavy atom. The molecule has 1 aliphatic carbocycles. The Balaban J connectivity index is 0.000000317. The van der Waals surface area contributed by atoms with Gasteiger partial charge in [-0.25, -0.2) is 0 Å². The summed E-state index contributed by atoms with van der Waals surface area (Å²) in [5.74, 6) is 0. The molecule has 0 saturated carbocycles. The van der Waals surface area contributed by atoms with E-state index < -0.39 is 6.10 Å². The van der Waals surface area contributed by atoms with Gasteiger partial charge in [0, 0.05) is 0 Å². The van der Waals surface area contributed by atoms with E-state index in [1.54, 1.807) is 0 Å². The largest absolute Gasteiger partial charge is 3.00 e. The third-order valence-electron chi connectivity index (χ3n) is 5.61. The van der Waals surface area contributed by atoms with Crippen LogP contribution in [0, 0.1) is 6.07 Å². The number of halogens is 2. The summed E-state index contributed by atoms with van der Waals surface area (Å²) in [6.45, 7) is 4.38. The van der Waals surface area contributed by atoms with Gasteiger partial charge in [0.25, 0.3) is 0 Å². The molecule has 34 heavy (non-hydrogen) atoms. The first-order chi connectivity index (χ1) is 15.1. The summed E-state index contributed by atoms with van der Waals surface area (Å²) in [4.78, 5) is 0. The first-order valence-electron chi connectivity index (χ1n) is 10.7. The molecule has 4 heteroatoms. The summed E-state index contributed by atoms with van der Waals surface area (Å²) in [7, 11) is 0. The molecule has 4 aromatic carbocycles. The molecule has 1 aliphatic rings. The van der Waals surface area contributed by atoms with Crippen LogP contribution in [0.15, 0.2) is 114 Å².